The number of carbonyl (C=O) groups excluding carboxylic acids is 1. The lowest BCUT2D eigenvalue weighted by Gasteiger charge is -2.16. The second-order valence-corrected chi connectivity index (χ2v) is 9.84. The Morgan fingerprint density at radius 2 is 1.59 bits per heavy atom. The molecule has 3 N–H and O–H groups in total. The smallest absolute Gasteiger partial charge is 0.251 e. The molecule has 2 rings (SSSR count). The van der Waals surface area contributed by atoms with Crippen molar-refractivity contribution < 1.29 is 21.6 Å². The molecule has 0 aliphatic heterocycles. The van der Waals surface area contributed by atoms with E-state index in [2.05, 4.69) is 5.32 Å². The van der Waals surface area contributed by atoms with Crippen LogP contribution in [0.1, 0.15) is 28.9 Å². The second-order valence-electron chi connectivity index (χ2n) is 6.12. The summed E-state index contributed by atoms with van der Waals surface area (Å²) >= 11 is 0. The van der Waals surface area contributed by atoms with Gasteiger partial charge in [0.15, 0.2) is 0 Å². The topological polar surface area (TPSA) is 127 Å². The number of nitrogens with zero attached hydrogens (tertiary/aromatic N) is 1. The largest absolute Gasteiger partial charge is 0.346 e. The number of hydrogen-bond acceptors (Lipinski definition) is 5. The van der Waals surface area contributed by atoms with Crippen molar-refractivity contribution in [1.29, 1.82) is 0 Å². The summed E-state index contributed by atoms with van der Waals surface area (Å²) in [6.07, 6.45) is 0. The number of sulfonamides is 2. The zero-order valence-electron chi connectivity index (χ0n) is 15.1. The molecule has 0 saturated heterocycles. The van der Waals surface area contributed by atoms with Crippen molar-refractivity contribution in [2.75, 3.05) is 14.1 Å². The second kappa shape index (κ2) is 7.77. The highest BCUT2D eigenvalue weighted by atomic mass is 32.2. The van der Waals surface area contributed by atoms with Crippen molar-refractivity contribution in [3.05, 3.63) is 59.7 Å². The molecular weight excluding hydrogens is 390 g/mol. The van der Waals surface area contributed by atoms with Crippen LogP contribution in [0.25, 0.3) is 0 Å². The lowest BCUT2D eigenvalue weighted by molar-refractivity contribution is 0.0939. The molecule has 27 heavy (non-hydrogen) atoms. The van der Waals surface area contributed by atoms with Crippen LogP contribution in [-0.2, 0) is 20.0 Å². The molecule has 146 valence electrons. The maximum absolute atomic E-state index is 12.5. The summed E-state index contributed by atoms with van der Waals surface area (Å²) < 4.78 is 48.1. The molecule has 0 heterocycles. The number of amides is 1. The number of carbonyl (C=O) groups is 1. The van der Waals surface area contributed by atoms with Gasteiger partial charge in [0.1, 0.15) is 0 Å². The van der Waals surface area contributed by atoms with E-state index in [-0.39, 0.29) is 15.4 Å². The highest BCUT2D eigenvalue weighted by molar-refractivity contribution is 7.89. The lowest BCUT2D eigenvalue weighted by atomic mass is 10.1. The van der Waals surface area contributed by atoms with E-state index < -0.39 is 32.0 Å². The Labute approximate surface area is 159 Å². The van der Waals surface area contributed by atoms with Crippen LogP contribution in [0.4, 0.5) is 0 Å². The van der Waals surface area contributed by atoms with Crippen LogP contribution < -0.4 is 10.5 Å². The highest BCUT2D eigenvalue weighted by Crippen LogP contribution is 2.18. The Morgan fingerprint density at radius 1 is 1.00 bits per heavy atom. The number of benzene rings is 2. The van der Waals surface area contributed by atoms with E-state index in [4.69, 9.17) is 5.14 Å². The molecule has 8 nitrogen and oxygen atoms in total. The van der Waals surface area contributed by atoms with Crippen LogP contribution in [-0.4, -0.2) is 41.1 Å². The Hall–Kier alpha value is -2.27. The fourth-order valence-electron chi connectivity index (χ4n) is 2.32. The fourth-order valence-corrected chi connectivity index (χ4v) is 3.78. The van der Waals surface area contributed by atoms with E-state index in [1.807, 2.05) is 0 Å². The SMILES string of the molecule is C[C@H](NC(=O)c1cccc(S(=O)(=O)N(C)C)c1)c1ccc(S(N)(=O)=O)cc1. The molecule has 0 bridgehead atoms. The third-order valence-corrected chi connectivity index (χ3v) is 6.67. The Morgan fingerprint density at radius 3 is 2.11 bits per heavy atom. The summed E-state index contributed by atoms with van der Waals surface area (Å²) in [6.45, 7) is 1.73. The predicted molar refractivity (Wildman–Crippen MR) is 101 cm³/mol. The molecule has 1 atom stereocenters. The first-order valence-electron chi connectivity index (χ1n) is 7.89. The van der Waals surface area contributed by atoms with Crippen molar-refractivity contribution in [1.82, 2.24) is 9.62 Å². The minimum absolute atomic E-state index is 0.0188. The van der Waals surface area contributed by atoms with E-state index in [0.717, 1.165) is 4.31 Å². The van der Waals surface area contributed by atoms with Crippen LogP contribution >= 0.6 is 0 Å². The van der Waals surface area contributed by atoms with Gasteiger partial charge in [-0.1, -0.05) is 18.2 Å². The molecule has 2 aromatic rings. The summed E-state index contributed by atoms with van der Waals surface area (Å²) in [6, 6.07) is 11.1. The van der Waals surface area contributed by atoms with Gasteiger partial charge in [-0.25, -0.2) is 26.3 Å². The van der Waals surface area contributed by atoms with Gasteiger partial charge in [0, 0.05) is 19.7 Å². The number of nitrogens with two attached hydrogens (primary N) is 1. The first-order valence-corrected chi connectivity index (χ1v) is 10.9. The van der Waals surface area contributed by atoms with Crippen LogP contribution in [0.3, 0.4) is 0 Å². The fraction of sp³-hybridized carbons (Fsp3) is 0.235. The molecule has 0 saturated carbocycles. The van der Waals surface area contributed by atoms with Gasteiger partial charge < -0.3 is 5.32 Å². The van der Waals surface area contributed by atoms with Gasteiger partial charge in [0.25, 0.3) is 5.91 Å². The molecule has 0 unspecified atom stereocenters. The maximum Gasteiger partial charge on any atom is 0.251 e. The standard InChI is InChI=1S/C17H21N3O5S2/c1-12(13-7-9-15(10-8-13)26(18,22)23)19-17(21)14-5-4-6-16(11-14)27(24,25)20(2)3/h4-12H,1-3H3,(H,19,21)(H2,18,22,23)/t12-/m0/s1. The van der Waals surface area contributed by atoms with Crippen molar-refractivity contribution in [2.45, 2.75) is 22.8 Å². The normalized spacial score (nSPS) is 13.4. The third-order valence-electron chi connectivity index (χ3n) is 3.93. The van der Waals surface area contributed by atoms with Crippen molar-refractivity contribution in [3.8, 4) is 0 Å². The molecule has 1 amide bonds. The molecule has 10 heteroatoms. The van der Waals surface area contributed by atoms with Gasteiger partial charge in [-0.15, -0.1) is 0 Å². The first kappa shape index (κ1) is 21.0. The van der Waals surface area contributed by atoms with Crippen LogP contribution in [0, 0.1) is 0 Å². The van der Waals surface area contributed by atoms with Crippen molar-refractivity contribution in [2.24, 2.45) is 5.14 Å². The van der Waals surface area contributed by atoms with Crippen LogP contribution in [0.5, 0.6) is 0 Å². The average Bonchev–Trinajstić information content (AvgIpc) is 2.61. The van der Waals surface area contributed by atoms with Crippen LogP contribution in [0.15, 0.2) is 58.3 Å². The van der Waals surface area contributed by atoms with Gasteiger partial charge in [0.2, 0.25) is 20.0 Å². The predicted octanol–water partition coefficient (Wildman–Crippen LogP) is 1.08. The van der Waals surface area contributed by atoms with E-state index in [0.29, 0.717) is 5.56 Å². The number of hydrogen-bond donors (Lipinski definition) is 2. The molecular formula is C17H21N3O5S2. The van der Waals surface area contributed by atoms with Gasteiger partial charge in [0.05, 0.1) is 15.8 Å². The highest BCUT2D eigenvalue weighted by Gasteiger charge is 2.19. The molecule has 0 aliphatic carbocycles. The van der Waals surface area contributed by atoms with Gasteiger partial charge in [-0.3, -0.25) is 4.79 Å². The monoisotopic (exact) mass is 411 g/mol. The summed E-state index contributed by atoms with van der Waals surface area (Å²) in [5, 5.41) is 7.81. The minimum atomic E-state index is -3.79. The Bertz CT molecular complexity index is 1050. The Kier molecular flexibility index (Phi) is 6.05. The minimum Gasteiger partial charge on any atom is -0.346 e. The maximum atomic E-state index is 12.5. The van der Waals surface area contributed by atoms with Gasteiger partial charge >= 0.3 is 0 Å². The van der Waals surface area contributed by atoms with Crippen LogP contribution in [0.2, 0.25) is 0 Å². The number of primary sulfonamides is 1. The zero-order chi connectivity index (χ0) is 20.4. The lowest BCUT2D eigenvalue weighted by Crippen LogP contribution is -2.27. The van der Waals surface area contributed by atoms with E-state index >= 15 is 0 Å². The molecule has 0 spiro atoms. The summed E-state index contributed by atoms with van der Waals surface area (Å²) in [7, 11) is -4.61. The third kappa shape index (κ3) is 4.92. The van der Waals surface area contributed by atoms with Gasteiger partial charge in [-0.2, -0.15) is 0 Å². The summed E-state index contributed by atoms with van der Waals surface area (Å²) in [5.74, 6) is -0.450. The van der Waals surface area contributed by atoms with E-state index in [9.17, 15) is 21.6 Å². The average molecular weight is 412 g/mol. The summed E-state index contributed by atoms with van der Waals surface area (Å²) in [5.41, 5.74) is 0.874. The molecule has 0 radical (unpaired) electrons. The molecule has 0 aromatic heterocycles. The Balaban J connectivity index is 2.20. The molecule has 0 aliphatic rings. The zero-order valence-corrected chi connectivity index (χ0v) is 16.7. The van der Waals surface area contributed by atoms with E-state index in [1.54, 1.807) is 19.1 Å². The number of nitrogens with one attached hydrogen (secondary N) is 1. The van der Waals surface area contributed by atoms with Gasteiger partial charge in [-0.05, 0) is 42.8 Å². The van der Waals surface area contributed by atoms with Crippen molar-refractivity contribution in [3.63, 3.8) is 0 Å². The quantitative estimate of drug-likeness (QED) is 0.735. The summed E-state index contributed by atoms with van der Waals surface area (Å²) in [4.78, 5) is 12.5. The molecule has 2 aromatic carbocycles. The van der Waals surface area contributed by atoms with Crippen molar-refractivity contribution >= 4 is 26.0 Å². The number of rotatable bonds is 6. The first-order chi connectivity index (χ1) is 12.4. The molecule has 0 fully saturated rings. The van der Waals surface area contributed by atoms with E-state index in [1.165, 1.54) is 50.5 Å².